The fraction of sp³-hybridized carbons (Fsp3) is 0.571. The van der Waals surface area contributed by atoms with E-state index >= 15 is 0 Å². The molecule has 5 heteroatoms. The number of pyridine rings is 1. The largest absolute Gasteiger partial charge is 0.383 e. The first-order chi connectivity index (χ1) is 9.19. The lowest BCUT2D eigenvalue weighted by Gasteiger charge is -2.15. The first kappa shape index (κ1) is 15.4. The van der Waals surface area contributed by atoms with Crippen LogP contribution in [-0.2, 0) is 0 Å². The van der Waals surface area contributed by atoms with Crippen LogP contribution < -0.4 is 10.6 Å². The summed E-state index contributed by atoms with van der Waals surface area (Å²) in [5.74, 6) is -0.0505. The van der Waals surface area contributed by atoms with Crippen molar-refractivity contribution in [3.05, 3.63) is 24.0 Å². The van der Waals surface area contributed by atoms with E-state index in [1.807, 2.05) is 7.05 Å². The normalized spacial score (nSPS) is 10.5. The Bertz CT molecular complexity index is 395. The quantitative estimate of drug-likeness (QED) is 0.748. The summed E-state index contributed by atoms with van der Waals surface area (Å²) >= 11 is 0. The molecule has 0 saturated carbocycles. The molecule has 5 nitrogen and oxygen atoms in total. The van der Waals surface area contributed by atoms with E-state index in [9.17, 15) is 4.79 Å². The molecule has 0 saturated heterocycles. The van der Waals surface area contributed by atoms with Gasteiger partial charge in [-0.25, -0.2) is 0 Å². The summed E-state index contributed by atoms with van der Waals surface area (Å²) in [5, 5.41) is 6.15. The van der Waals surface area contributed by atoms with E-state index in [0.717, 1.165) is 31.7 Å². The van der Waals surface area contributed by atoms with E-state index in [0.29, 0.717) is 12.1 Å². The van der Waals surface area contributed by atoms with Crippen LogP contribution in [0.1, 0.15) is 30.6 Å². The van der Waals surface area contributed by atoms with Gasteiger partial charge in [0, 0.05) is 25.8 Å². The van der Waals surface area contributed by atoms with Gasteiger partial charge in [0.05, 0.1) is 17.4 Å². The first-order valence-electron chi connectivity index (χ1n) is 6.83. The monoisotopic (exact) mass is 264 g/mol. The smallest absolute Gasteiger partial charge is 0.253 e. The van der Waals surface area contributed by atoms with Crippen LogP contribution in [0, 0.1) is 0 Å². The highest BCUT2D eigenvalue weighted by atomic mass is 16.1. The zero-order chi connectivity index (χ0) is 14.1. The molecule has 1 aromatic rings. The highest BCUT2D eigenvalue weighted by molar-refractivity contribution is 5.99. The number of amides is 1. The minimum absolute atomic E-state index is 0.0505. The lowest BCUT2D eigenvalue weighted by atomic mass is 10.2. The second kappa shape index (κ2) is 8.48. The van der Waals surface area contributed by atoms with Crippen LogP contribution in [0.3, 0.4) is 0 Å². The minimum Gasteiger partial charge on any atom is -0.383 e. The Labute approximate surface area is 115 Å². The second-order valence-corrected chi connectivity index (χ2v) is 4.50. The molecule has 1 amide bonds. The molecule has 0 aromatic carbocycles. The molecule has 0 spiro atoms. The van der Waals surface area contributed by atoms with Crippen LogP contribution in [-0.4, -0.2) is 49.0 Å². The van der Waals surface area contributed by atoms with E-state index in [2.05, 4.69) is 34.4 Å². The molecule has 1 heterocycles. The average Bonchev–Trinajstić information content (AvgIpc) is 2.45. The Balaban J connectivity index is 2.55. The molecule has 0 fully saturated rings. The molecule has 0 aliphatic carbocycles. The van der Waals surface area contributed by atoms with Crippen molar-refractivity contribution in [2.45, 2.75) is 20.3 Å². The molecule has 0 radical (unpaired) electrons. The molecule has 106 valence electrons. The summed E-state index contributed by atoms with van der Waals surface area (Å²) in [7, 11) is 2.03. The van der Waals surface area contributed by atoms with E-state index in [1.165, 1.54) is 0 Å². The van der Waals surface area contributed by atoms with E-state index in [1.54, 1.807) is 18.5 Å². The third kappa shape index (κ3) is 5.26. The molecule has 0 aliphatic rings. The lowest BCUT2D eigenvalue weighted by Crippen LogP contribution is -2.33. The Kier molecular flexibility index (Phi) is 6.89. The Morgan fingerprint density at radius 2 is 2.16 bits per heavy atom. The van der Waals surface area contributed by atoms with Crippen LogP contribution in [0.5, 0.6) is 0 Å². The average molecular weight is 264 g/mol. The molecule has 0 bridgehead atoms. The standard InChI is InChI=1S/C14H24N4O/c1-4-7-16-13-11-15-8-6-12(13)14(19)17-9-10-18(3)5-2/h6,8,11,16H,4-5,7,9-10H2,1-3H3,(H,17,19). The van der Waals surface area contributed by atoms with Gasteiger partial charge in [-0.05, 0) is 26.1 Å². The van der Waals surface area contributed by atoms with Gasteiger partial charge in [0.2, 0.25) is 0 Å². The van der Waals surface area contributed by atoms with Gasteiger partial charge in [0.15, 0.2) is 0 Å². The molecule has 1 rings (SSSR count). The number of anilines is 1. The maximum Gasteiger partial charge on any atom is 0.253 e. The van der Waals surface area contributed by atoms with Gasteiger partial charge in [-0.1, -0.05) is 13.8 Å². The highest BCUT2D eigenvalue weighted by Gasteiger charge is 2.10. The summed E-state index contributed by atoms with van der Waals surface area (Å²) in [6, 6.07) is 1.75. The molecule has 0 aliphatic heterocycles. The predicted octanol–water partition coefficient (Wildman–Crippen LogP) is 1.58. The summed E-state index contributed by atoms with van der Waals surface area (Å²) in [6.07, 6.45) is 4.35. The van der Waals surface area contributed by atoms with Crippen molar-refractivity contribution in [3.63, 3.8) is 0 Å². The zero-order valence-electron chi connectivity index (χ0n) is 12.1. The van der Waals surface area contributed by atoms with E-state index < -0.39 is 0 Å². The van der Waals surface area contributed by atoms with Crippen molar-refractivity contribution in [2.75, 3.05) is 38.5 Å². The maximum absolute atomic E-state index is 12.1. The summed E-state index contributed by atoms with van der Waals surface area (Å²) in [6.45, 7) is 7.50. The molecule has 1 aromatic heterocycles. The topological polar surface area (TPSA) is 57.3 Å². The summed E-state index contributed by atoms with van der Waals surface area (Å²) in [4.78, 5) is 18.3. The number of carbonyl (C=O) groups excluding carboxylic acids is 1. The lowest BCUT2D eigenvalue weighted by molar-refractivity contribution is 0.0951. The molecular formula is C14H24N4O. The van der Waals surface area contributed by atoms with E-state index in [-0.39, 0.29) is 5.91 Å². The van der Waals surface area contributed by atoms with Crippen molar-refractivity contribution in [2.24, 2.45) is 0 Å². The zero-order valence-corrected chi connectivity index (χ0v) is 12.1. The molecule has 0 atom stereocenters. The number of nitrogens with zero attached hydrogens (tertiary/aromatic N) is 2. The molecule has 19 heavy (non-hydrogen) atoms. The molecule has 0 unspecified atom stereocenters. The number of nitrogens with one attached hydrogen (secondary N) is 2. The molecule has 2 N–H and O–H groups in total. The number of hydrogen-bond acceptors (Lipinski definition) is 4. The van der Waals surface area contributed by atoms with Gasteiger partial charge in [-0.15, -0.1) is 0 Å². The van der Waals surface area contributed by atoms with Crippen LogP contribution in [0.15, 0.2) is 18.5 Å². The van der Waals surface area contributed by atoms with Crippen LogP contribution >= 0.6 is 0 Å². The Morgan fingerprint density at radius 1 is 1.37 bits per heavy atom. The van der Waals surface area contributed by atoms with Crippen molar-refractivity contribution in [1.82, 2.24) is 15.2 Å². The van der Waals surface area contributed by atoms with Gasteiger partial charge in [-0.2, -0.15) is 0 Å². The third-order valence-corrected chi connectivity index (χ3v) is 2.95. The van der Waals surface area contributed by atoms with Crippen LogP contribution in [0.25, 0.3) is 0 Å². The third-order valence-electron chi connectivity index (χ3n) is 2.95. The van der Waals surface area contributed by atoms with Crippen molar-refractivity contribution in [1.29, 1.82) is 0 Å². The SMILES string of the molecule is CCCNc1cnccc1C(=O)NCCN(C)CC. The number of carbonyl (C=O) groups is 1. The maximum atomic E-state index is 12.1. The van der Waals surface area contributed by atoms with Crippen molar-refractivity contribution >= 4 is 11.6 Å². The fourth-order valence-corrected chi connectivity index (χ4v) is 1.61. The van der Waals surface area contributed by atoms with Gasteiger partial charge < -0.3 is 15.5 Å². The van der Waals surface area contributed by atoms with Gasteiger partial charge in [0.25, 0.3) is 5.91 Å². The number of likely N-dealkylation sites (N-methyl/N-ethyl adjacent to an activating group) is 1. The summed E-state index contributed by atoms with van der Waals surface area (Å²) < 4.78 is 0. The summed E-state index contributed by atoms with van der Waals surface area (Å²) in [5.41, 5.74) is 1.45. The van der Waals surface area contributed by atoms with Crippen molar-refractivity contribution < 1.29 is 4.79 Å². The van der Waals surface area contributed by atoms with E-state index in [4.69, 9.17) is 0 Å². The Hall–Kier alpha value is -1.62. The first-order valence-corrected chi connectivity index (χ1v) is 6.83. The van der Waals surface area contributed by atoms with Crippen LogP contribution in [0.2, 0.25) is 0 Å². The fourth-order valence-electron chi connectivity index (χ4n) is 1.61. The minimum atomic E-state index is -0.0505. The second-order valence-electron chi connectivity index (χ2n) is 4.50. The Morgan fingerprint density at radius 3 is 2.84 bits per heavy atom. The van der Waals surface area contributed by atoms with Gasteiger partial charge in [-0.3, -0.25) is 9.78 Å². The molecular weight excluding hydrogens is 240 g/mol. The van der Waals surface area contributed by atoms with Gasteiger partial charge in [0.1, 0.15) is 0 Å². The predicted molar refractivity (Wildman–Crippen MR) is 78.5 cm³/mol. The number of aromatic nitrogens is 1. The van der Waals surface area contributed by atoms with Crippen molar-refractivity contribution in [3.8, 4) is 0 Å². The van der Waals surface area contributed by atoms with Gasteiger partial charge >= 0.3 is 0 Å². The number of rotatable bonds is 8. The highest BCUT2D eigenvalue weighted by Crippen LogP contribution is 2.12. The number of hydrogen-bond donors (Lipinski definition) is 2. The van der Waals surface area contributed by atoms with Crippen LogP contribution in [0.4, 0.5) is 5.69 Å².